The van der Waals surface area contributed by atoms with Crippen LogP contribution in [-0.2, 0) is 9.59 Å². The van der Waals surface area contributed by atoms with Crippen molar-refractivity contribution in [3.05, 3.63) is 24.6 Å². The summed E-state index contributed by atoms with van der Waals surface area (Å²) >= 11 is 0. The second kappa shape index (κ2) is 21.5. The number of carbonyl (C=O) groups is 2. The van der Waals surface area contributed by atoms with Crippen LogP contribution in [0.4, 0.5) is 0 Å². The number of hydrogen-bond acceptors (Lipinski definition) is 4. The van der Waals surface area contributed by atoms with E-state index in [2.05, 4.69) is 31.0 Å². The Kier molecular flexibility index (Phi) is 17.9. The predicted octanol–water partition coefficient (Wildman–Crippen LogP) is 1.30. The molecule has 1 amide bonds. The third-order valence-electron chi connectivity index (χ3n) is 4.56. The van der Waals surface area contributed by atoms with Crippen LogP contribution in [0.5, 0.6) is 0 Å². The average molecular weight is 404 g/mol. The first-order valence-corrected chi connectivity index (χ1v) is 10.8. The zero-order valence-electron chi connectivity index (χ0n) is 21.6. The Balaban J connectivity index is 0. The third-order valence-corrected chi connectivity index (χ3v) is 4.56. The summed E-state index contributed by atoms with van der Waals surface area (Å²) in [6, 6.07) is 0. The molecule has 1 N–H and O–H groups in total. The summed E-state index contributed by atoms with van der Waals surface area (Å²) in [6.07, 6.45) is 20.0. The van der Waals surface area contributed by atoms with E-state index in [4.69, 9.17) is 4.11 Å². The quantitative estimate of drug-likeness (QED) is 0.200. The van der Waals surface area contributed by atoms with Crippen molar-refractivity contribution in [2.24, 2.45) is 0 Å². The zero-order chi connectivity index (χ0) is 23.5. The summed E-state index contributed by atoms with van der Waals surface area (Å²) in [5.74, 6) is -2.17. The Morgan fingerprint density at radius 2 is 1.48 bits per heavy atom. The first-order chi connectivity index (χ1) is 14.7. The van der Waals surface area contributed by atoms with E-state index in [0.717, 1.165) is 32.1 Å². The number of allylic oxidation sites excluding steroid dienone is 2. The van der Waals surface area contributed by atoms with Crippen LogP contribution in [-0.4, -0.2) is 30.3 Å². The molecule has 0 spiro atoms. The summed E-state index contributed by atoms with van der Waals surface area (Å²) in [6.45, 7) is 2.14. The molecule has 0 atom stereocenters. The molecule has 29 heavy (non-hydrogen) atoms. The van der Waals surface area contributed by atoms with Gasteiger partial charge in [0.25, 0.3) is 0 Å². The number of carbonyl (C=O) groups excluding carboxylic acids is 2. The van der Waals surface area contributed by atoms with Gasteiger partial charge in [0, 0.05) is 17.5 Å². The molecule has 0 aromatic heterocycles. The Bertz CT molecular complexity index is 555. The molecule has 0 aliphatic carbocycles. The number of unbranched alkanes of at least 4 members (excludes halogenated alkanes) is 11. The predicted molar refractivity (Wildman–Crippen MR) is 114 cm³/mol. The van der Waals surface area contributed by atoms with Crippen molar-refractivity contribution in [2.45, 2.75) is 96.8 Å². The van der Waals surface area contributed by atoms with E-state index in [9.17, 15) is 14.7 Å². The van der Waals surface area contributed by atoms with Gasteiger partial charge in [0.05, 0.1) is 12.5 Å². The monoisotopic (exact) mass is 403 g/mol. The van der Waals surface area contributed by atoms with Crippen molar-refractivity contribution >= 4 is 11.9 Å². The molecule has 0 bridgehead atoms. The summed E-state index contributed by atoms with van der Waals surface area (Å²) in [7, 11) is 0. The van der Waals surface area contributed by atoms with Gasteiger partial charge in [0.1, 0.15) is 5.82 Å². The largest absolute Gasteiger partial charge is 1.00 e. The Morgan fingerprint density at radius 1 is 0.966 bits per heavy atom. The van der Waals surface area contributed by atoms with Gasteiger partial charge in [-0.1, -0.05) is 77.0 Å². The van der Waals surface area contributed by atoms with Crippen LogP contribution >= 0.6 is 0 Å². The van der Waals surface area contributed by atoms with Crippen LogP contribution in [0.1, 0.15) is 101 Å². The van der Waals surface area contributed by atoms with E-state index in [1.807, 2.05) is 0 Å². The normalized spacial score (nSPS) is 12.5. The molecule has 6 heteroatoms. The molecule has 0 saturated carbocycles. The summed E-state index contributed by atoms with van der Waals surface area (Å²) in [5.41, 5.74) is 0. The number of nitrogens with zero attached hydrogens (tertiary/aromatic N) is 1. The second-order valence-corrected chi connectivity index (χ2v) is 7.29. The van der Waals surface area contributed by atoms with Gasteiger partial charge in [-0.25, -0.2) is 0 Å². The van der Waals surface area contributed by atoms with Gasteiger partial charge in [0.15, 0.2) is 0 Å². The fourth-order valence-electron chi connectivity index (χ4n) is 2.87. The van der Waals surface area contributed by atoms with Gasteiger partial charge >= 0.3 is 18.9 Å². The first-order valence-electron chi connectivity index (χ1n) is 12.3. The number of rotatable bonds is 19. The molecule has 0 radical (unpaired) electrons. The number of nitrogens with one attached hydrogen (secondary N) is 1. The average Bonchev–Trinajstić information content (AvgIpc) is 2.68. The van der Waals surface area contributed by atoms with Gasteiger partial charge in [-0.15, -0.1) is 0 Å². The van der Waals surface area contributed by atoms with Crippen LogP contribution in [0.3, 0.4) is 0 Å². The molecule has 0 unspecified atom stereocenters. The van der Waals surface area contributed by atoms with Gasteiger partial charge in [-0.2, -0.15) is 0 Å². The van der Waals surface area contributed by atoms with E-state index in [0.29, 0.717) is 11.3 Å². The third kappa shape index (κ3) is 21.3. The zero-order valence-corrected chi connectivity index (χ0v) is 18.6. The van der Waals surface area contributed by atoms with Crippen molar-refractivity contribution < 1.29 is 37.7 Å². The van der Waals surface area contributed by atoms with Crippen molar-refractivity contribution in [3.63, 3.8) is 0 Å². The molecule has 0 saturated heterocycles. The number of carboxylic acids is 1. The van der Waals surface area contributed by atoms with Crippen LogP contribution in [0.25, 0.3) is 0 Å². The Labute approximate surface area is 194 Å². The van der Waals surface area contributed by atoms with Crippen molar-refractivity contribution in [2.75, 3.05) is 13.5 Å². The fourth-order valence-corrected chi connectivity index (χ4v) is 2.87. The Hall–Kier alpha value is -1.18. The molecular weight excluding hydrogens is 359 g/mol. The van der Waals surface area contributed by atoms with E-state index in [1.165, 1.54) is 44.9 Å². The standard InChI is InChI=1S/C23H42N2O3.Li/c1-4-5-6-7-8-9-10-11-12-13-14-15-16-17-18-19-22(26)24-21(2)25(3)20-23(27)28;/h11-12H,2,4-10,13-20H2,1,3H3,(H,24,26)(H,27,28);/q;+1/p-1/b12-11-;/i3D3;. The van der Waals surface area contributed by atoms with Gasteiger partial charge < -0.3 is 20.1 Å². The van der Waals surface area contributed by atoms with E-state index < -0.39 is 19.5 Å². The minimum absolute atomic E-state index is 0. The van der Waals surface area contributed by atoms with Crippen molar-refractivity contribution in [3.8, 4) is 0 Å². The number of likely N-dealkylation sites (N-methyl/N-ethyl adjacent to an activating group) is 1. The maximum atomic E-state index is 12.0. The number of amides is 1. The summed E-state index contributed by atoms with van der Waals surface area (Å²) < 4.78 is 22.0. The molecule has 0 aromatic carbocycles. The minimum atomic E-state index is -2.71. The molecule has 0 rings (SSSR count). The molecule has 0 aliphatic heterocycles. The van der Waals surface area contributed by atoms with Crippen LogP contribution in [0.15, 0.2) is 24.6 Å². The molecule has 0 heterocycles. The molecule has 0 aromatic rings. The second-order valence-electron chi connectivity index (χ2n) is 7.29. The minimum Gasteiger partial charge on any atom is -0.548 e. The van der Waals surface area contributed by atoms with Crippen molar-refractivity contribution in [1.82, 2.24) is 10.2 Å². The number of aliphatic carboxylic acids is 1. The van der Waals surface area contributed by atoms with Gasteiger partial charge in [-0.3, -0.25) is 4.79 Å². The van der Waals surface area contributed by atoms with E-state index >= 15 is 0 Å². The maximum absolute atomic E-state index is 12.0. The molecule has 5 nitrogen and oxygen atoms in total. The van der Waals surface area contributed by atoms with Crippen molar-refractivity contribution in [1.29, 1.82) is 0 Å². The first kappa shape index (κ1) is 24.1. The fraction of sp³-hybridized carbons (Fsp3) is 0.739. The van der Waals surface area contributed by atoms with E-state index in [1.54, 1.807) is 0 Å². The molecule has 0 aliphatic rings. The van der Waals surface area contributed by atoms with E-state index in [-0.39, 0.29) is 37.0 Å². The molecule has 162 valence electrons. The summed E-state index contributed by atoms with van der Waals surface area (Å²) in [5, 5.41) is 13.1. The van der Waals surface area contributed by atoms with Gasteiger partial charge in [-0.05, 0) is 32.1 Å². The van der Waals surface area contributed by atoms with Gasteiger partial charge in [0.2, 0.25) is 5.91 Å². The topological polar surface area (TPSA) is 72.5 Å². The van der Waals surface area contributed by atoms with Crippen LogP contribution in [0, 0.1) is 0 Å². The van der Waals surface area contributed by atoms with Crippen LogP contribution < -0.4 is 29.3 Å². The number of carboxylic acid groups (broad SMARTS) is 1. The maximum Gasteiger partial charge on any atom is 1.00 e. The van der Waals surface area contributed by atoms with Crippen LogP contribution in [0.2, 0.25) is 0 Å². The Morgan fingerprint density at radius 3 is 2.00 bits per heavy atom. The SMILES string of the molecule is [2H]C([2H])([2H])N(CC(=O)[O-])C(=C)NC(=O)CCCCCCC/C=C\CCCCCCCC.[Li+]. The summed E-state index contributed by atoms with van der Waals surface area (Å²) in [4.78, 5) is 23.2. The molecular formula is C23H41LiN2O3. The number of hydrogen-bond donors (Lipinski definition) is 1. The smallest absolute Gasteiger partial charge is 0.548 e. The molecule has 0 fully saturated rings.